The van der Waals surface area contributed by atoms with Crippen LogP contribution in [0.5, 0.6) is 11.5 Å². The number of methoxy groups -OCH3 is 2. The van der Waals surface area contributed by atoms with Gasteiger partial charge in [-0.05, 0) is 38.1 Å². The van der Waals surface area contributed by atoms with Crippen LogP contribution in [0, 0.1) is 13.8 Å². The molecule has 180 valence electrons. The third kappa shape index (κ3) is 4.38. The number of nitrogens with zero attached hydrogens (tertiary/aromatic N) is 4. The summed E-state index contributed by atoms with van der Waals surface area (Å²) in [5.41, 5.74) is 3.27. The normalized spacial score (nSPS) is 14.8. The first kappa shape index (κ1) is 23.8. The maximum absolute atomic E-state index is 13.3. The van der Waals surface area contributed by atoms with Crippen molar-refractivity contribution in [2.24, 2.45) is 0 Å². The van der Waals surface area contributed by atoms with Crippen LogP contribution in [0.15, 0.2) is 53.6 Å². The molecule has 34 heavy (non-hydrogen) atoms. The van der Waals surface area contributed by atoms with Crippen molar-refractivity contribution in [3.05, 3.63) is 65.5 Å². The van der Waals surface area contributed by atoms with Crippen LogP contribution in [-0.4, -0.2) is 73.7 Å². The molecule has 2 heterocycles. The van der Waals surface area contributed by atoms with Crippen molar-refractivity contribution in [1.82, 2.24) is 19.0 Å². The molecule has 4 rings (SSSR count). The standard InChI is InChI=1S/C24H28N4O5S/c1-17-5-7-19(8-6-17)28-18(2)21(16-25-28)24(29)26-11-13-27(14-12-26)34(30,31)23-15-20(32-3)9-10-22(23)33-4/h5-10,15-16H,11-14H2,1-4H3. The molecule has 0 aliphatic carbocycles. The van der Waals surface area contributed by atoms with E-state index in [2.05, 4.69) is 5.10 Å². The van der Waals surface area contributed by atoms with Gasteiger partial charge in [0.15, 0.2) is 0 Å². The van der Waals surface area contributed by atoms with Crippen LogP contribution < -0.4 is 9.47 Å². The molecule has 0 unspecified atom stereocenters. The highest BCUT2D eigenvalue weighted by molar-refractivity contribution is 7.89. The smallest absolute Gasteiger partial charge is 0.257 e. The molecule has 1 aliphatic heterocycles. The Bertz CT molecular complexity index is 1290. The molecule has 0 atom stereocenters. The molecule has 10 heteroatoms. The second kappa shape index (κ2) is 9.47. The van der Waals surface area contributed by atoms with Crippen LogP contribution in [0.3, 0.4) is 0 Å². The van der Waals surface area contributed by atoms with Gasteiger partial charge in [0.25, 0.3) is 5.91 Å². The first-order valence-corrected chi connectivity index (χ1v) is 12.3. The number of aromatic nitrogens is 2. The number of benzene rings is 2. The summed E-state index contributed by atoms with van der Waals surface area (Å²) < 4.78 is 40.1. The van der Waals surface area contributed by atoms with Crippen molar-refractivity contribution in [3.63, 3.8) is 0 Å². The zero-order chi connectivity index (χ0) is 24.5. The van der Waals surface area contributed by atoms with Gasteiger partial charge >= 0.3 is 0 Å². The second-order valence-corrected chi connectivity index (χ2v) is 10.0. The number of piperazine rings is 1. The monoisotopic (exact) mass is 484 g/mol. The minimum absolute atomic E-state index is 0.0457. The Hall–Kier alpha value is -3.37. The summed E-state index contributed by atoms with van der Waals surface area (Å²) in [5.74, 6) is 0.513. The Morgan fingerprint density at radius 2 is 1.62 bits per heavy atom. The predicted octanol–water partition coefficient (Wildman–Crippen LogP) is 2.65. The molecule has 1 saturated heterocycles. The highest BCUT2D eigenvalue weighted by Gasteiger charge is 2.33. The summed E-state index contributed by atoms with van der Waals surface area (Å²) in [6.45, 7) is 4.78. The number of hydrogen-bond donors (Lipinski definition) is 0. The van der Waals surface area contributed by atoms with Gasteiger partial charge in [-0.25, -0.2) is 13.1 Å². The van der Waals surface area contributed by atoms with E-state index in [0.717, 1.165) is 16.9 Å². The highest BCUT2D eigenvalue weighted by Crippen LogP contribution is 2.31. The van der Waals surface area contributed by atoms with Crippen LogP contribution in [0.1, 0.15) is 21.6 Å². The summed E-state index contributed by atoms with van der Waals surface area (Å²) in [6.07, 6.45) is 1.57. The Morgan fingerprint density at radius 3 is 2.24 bits per heavy atom. The average Bonchev–Trinajstić information content (AvgIpc) is 3.24. The van der Waals surface area contributed by atoms with Crippen molar-refractivity contribution in [1.29, 1.82) is 0 Å². The molecule has 1 aromatic heterocycles. The highest BCUT2D eigenvalue weighted by atomic mass is 32.2. The number of hydrogen-bond acceptors (Lipinski definition) is 6. The van der Waals surface area contributed by atoms with Crippen LogP contribution in [0.25, 0.3) is 5.69 Å². The minimum atomic E-state index is -3.82. The SMILES string of the molecule is COc1ccc(OC)c(S(=O)(=O)N2CCN(C(=O)c3cnn(-c4ccc(C)cc4)c3C)CC2)c1. The molecule has 0 radical (unpaired) electrons. The summed E-state index contributed by atoms with van der Waals surface area (Å²) in [4.78, 5) is 14.9. The predicted molar refractivity (Wildman–Crippen MR) is 127 cm³/mol. The zero-order valence-electron chi connectivity index (χ0n) is 19.7. The molecule has 1 amide bonds. The third-order valence-corrected chi connectivity index (χ3v) is 7.95. The lowest BCUT2D eigenvalue weighted by molar-refractivity contribution is 0.0697. The van der Waals surface area contributed by atoms with Crippen molar-refractivity contribution < 1.29 is 22.7 Å². The number of ether oxygens (including phenoxy) is 2. The summed E-state index contributed by atoms with van der Waals surface area (Å²) in [5, 5.41) is 4.40. The number of sulfonamides is 1. The van der Waals surface area contributed by atoms with Gasteiger partial charge < -0.3 is 14.4 Å². The minimum Gasteiger partial charge on any atom is -0.497 e. The number of aryl methyl sites for hydroxylation is 1. The van der Waals surface area contributed by atoms with Gasteiger partial charge in [0.1, 0.15) is 16.4 Å². The average molecular weight is 485 g/mol. The van der Waals surface area contributed by atoms with Crippen molar-refractivity contribution in [3.8, 4) is 17.2 Å². The molecule has 9 nitrogen and oxygen atoms in total. The second-order valence-electron chi connectivity index (χ2n) is 8.10. The van der Waals surface area contributed by atoms with Gasteiger partial charge in [0, 0.05) is 32.2 Å². The largest absolute Gasteiger partial charge is 0.497 e. The van der Waals surface area contributed by atoms with E-state index in [-0.39, 0.29) is 42.7 Å². The number of carbonyl (C=O) groups excluding carboxylic acids is 1. The lowest BCUT2D eigenvalue weighted by Gasteiger charge is -2.34. The van der Waals surface area contributed by atoms with Gasteiger partial charge in [0.2, 0.25) is 10.0 Å². The summed E-state index contributed by atoms with van der Waals surface area (Å²) >= 11 is 0. The van der Waals surface area contributed by atoms with Gasteiger partial charge in [-0.2, -0.15) is 9.40 Å². The maximum atomic E-state index is 13.3. The molecule has 0 bridgehead atoms. The van der Waals surface area contributed by atoms with Crippen LogP contribution in [0.4, 0.5) is 0 Å². The van der Waals surface area contributed by atoms with E-state index in [0.29, 0.717) is 11.3 Å². The Balaban J connectivity index is 1.49. The third-order valence-electron chi connectivity index (χ3n) is 6.03. The number of rotatable bonds is 6. The molecule has 0 saturated carbocycles. The lowest BCUT2D eigenvalue weighted by Crippen LogP contribution is -2.50. The Kier molecular flexibility index (Phi) is 6.63. The molecule has 3 aromatic rings. The number of amides is 1. The van der Waals surface area contributed by atoms with Gasteiger partial charge in [-0.3, -0.25) is 4.79 Å². The Morgan fingerprint density at radius 1 is 0.941 bits per heavy atom. The van der Waals surface area contributed by atoms with E-state index in [1.165, 1.54) is 24.6 Å². The van der Waals surface area contributed by atoms with E-state index < -0.39 is 10.0 Å². The molecule has 1 fully saturated rings. The maximum Gasteiger partial charge on any atom is 0.257 e. The zero-order valence-corrected chi connectivity index (χ0v) is 20.5. The summed E-state index contributed by atoms with van der Waals surface area (Å²) in [7, 11) is -0.916. The van der Waals surface area contributed by atoms with Gasteiger partial charge in [-0.1, -0.05) is 17.7 Å². The molecule has 0 N–H and O–H groups in total. The van der Waals surface area contributed by atoms with Gasteiger partial charge in [0.05, 0.1) is 37.4 Å². The lowest BCUT2D eigenvalue weighted by atomic mass is 10.2. The summed E-state index contributed by atoms with van der Waals surface area (Å²) in [6, 6.07) is 12.6. The van der Waals surface area contributed by atoms with E-state index >= 15 is 0 Å². The fourth-order valence-electron chi connectivity index (χ4n) is 3.99. The van der Waals surface area contributed by atoms with E-state index in [9.17, 15) is 13.2 Å². The molecule has 2 aromatic carbocycles. The van der Waals surface area contributed by atoms with Crippen molar-refractivity contribution >= 4 is 15.9 Å². The van der Waals surface area contributed by atoms with E-state index in [1.54, 1.807) is 27.9 Å². The van der Waals surface area contributed by atoms with E-state index in [4.69, 9.17) is 9.47 Å². The fourth-order valence-corrected chi connectivity index (χ4v) is 5.59. The van der Waals surface area contributed by atoms with Crippen LogP contribution >= 0.6 is 0 Å². The van der Waals surface area contributed by atoms with Crippen LogP contribution in [0.2, 0.25) is 0 Å². The first-order chi connectivity index (χ1) is 16.3. The molecular weight excluding hydrogens is 456 g/mol. The van der Waals surface area contributed by atoms with Crippen LogP contribution in [-0.2, 0) is 10.0 Å². The first-order valence-electron chi connectivity index (χ1n) is 10.9. The van der Waals surface area contributed by atoms with Crippen molar-refractivity contribution in [2.45, 2.75) is 18.7 Å². The topological polar surface area (TPSA) is 94.0 Å². The number of carbonyl (C=O) groups is 1. The van der Waals surface area contributed by atoms with Gasteiger partial charge in [-0.15, -0.1) is 0 Å². The molecule has 1 aliphatic rings. The fraction of sp³-hybridized carbons (Fsp3) is 0.333. The Labute approximate surface area is 199 Å². The molecular formula is C24H28N4O5S. The van der Waals surface area contributed by atoms with E-state index in [1.807, 2.05) is 38.1 Å². The van der Waals surface area contributed by atoms with Crippen molar-refractivity contribution in [2.75, 3.05) is 40.4 Å². The molecule has 0 spiro atoms. The quantitative estimate of drug-likeness (QED) is 0.534.